The number of hydrogen-bond acceptors (Lipinski definition) is 4. The molecule has 2 aromatic rings. The van der Waals surface area contributed by atoms with Crippen molar-refractivity contribution in [2.24, 2.45) is 0 Å². The van der Waals surface area contributed by atoms with Crippen LogP contribution in [0.3, 0.4) is 0 Å². The van der Waals surface area contributed by atoms with E-state index in [1.807, 2.05) is 23.1 Å². The Morgan fingerprint density at radius 2 is 1.92 bits per heavy atom. The molecule has 0 bridgehead atoms. The molecule has 1 saturated heterocycles. The number of carbonyl (C=O) groups is 1. The zero-order valence-electron chi connectivity index (χ0n) is 14.5. The molecule has 5 heteroatoms. The number of carbonyl (C=O) groups excluding carboxylic acids is 1. The van der Waals surface area contributed by atoms with E-state index in [-0.39, 0.29) is 12.5 Å². The molecule has 2 aliphatic heterocycles. The summed E-state index contributed by atoms with van der Waals surface area (Å²) in [4.78, 5) is 16.7. The van der Waals surface area contributed by atoms with Gasteiger partial charge in [0.05, 0.1) is 12.2 Å². The van der Waals surface area contributed by atoms with Crippen LogP contribution in [-0.4, -0.2) is 38.7 Å². The van der Waals surface area contributed by atoms with Crippen molar-refractivity contribution in [2.45, 2.75) is 13.5 Å². The lowest BCUT2D eigenvalue weighted by atomic mass is 10.1. The Morgan fingerprint density at radius 1 is 1.12 bits per heavy atom. The van der Waals surface area contributed by atoms with Gasteiger partial charge >= 0.3 is 0 Å². The van der Waals surface area contributed by atoms with Gasteiger partial charge in [-0.3, -0.25) is 4.79 Å². The van der Waals surface area contributed by atoms with Gasteiger partial charge in [0, 0.05) is 31.9 Å². The fourth-order valence-electron chi connectivity index (χ4n) is 3.44. The minimum Gasteiger partial charge on any atom is -0.482 e. The maximum Gasteiger partial charge on any atom is 0.265 e. The molecule has 5 nitrogen and oxygen atoms in total. The monoisotopic (exact) mass is 337 g/mol. The van der Waals surface area contributed by atoms with Crippen molar-refractivity contribution in [2.75, 3.05) is 42.6 Å². The number of nitrogens with zero attached hydrogens (tertiary/aromatic N) is 2. The molecule has 4 rings (SSSR count). The molecule has 1 fully saturated rings. The van der Waals surface area contributed by atoms with Crippen LogP contribution >= 0.6 is 0 Å². The summed E-state index contributed by atoms with van der Waals surface area (Å²) < 4.78 is 5.65. The van der Waals surface area contributed by atoms with Crippen molar-refractivity contribution < 1.29 is 9.53 Å². The van der Waals surface area contributed by atoms with E-state index in [0.717, 1.165) is 48.9 Å². The highest BCUT2D eigenvalue weighted by atomic mass is 16.5. The summed E-state index contributed by atoms with van der Waals surface area (Å²) in [6, 6.07) is 14.4. The van der Waals surface area contributed by atoms with E-state index in [1.165, 1.54) is 5.56 Å². The number of rotatable bonds is 3. The maximum atomic E-state index is 12.5. The van der Waals surface area contributed by atoms with Crippen LogP contribution < -0.4 is 19.9 Å². The summed E-state index contributed by atoms with van der Waals surface area (Å²) in [5.74, 6) is 0.792. The van der Waals surface area contributed by atoms with Gasteiger partial charge in [0.2, 0.25) is 0 Å². The molecule has 2 aromatic carbocycles. The molecule has 0 atom stereocenters. The zero-order valence-corrected chi connectivity index (χ0v) is 14.5. The lowest BCUT2D eigenvalue weighted by Gasteiger charge is -2.33. The molecule has 0 radical (unpaired) electrons. The quantitative estimate of drug-likeness (QED) is 0.934. The van der Waals surface area contributed by atoms with Gasteiger partial charge in [-0.25, -0.2) is 0 Å². The van der Waals surface area contributed by atoms with Crippen LogP contribution in [0, 0.1) is 6.92 Å². The van der Waals surface area contributed by atoms with Crippen LogP contribution in [-0.2, 0) is 11.3 Å². The first-order valence-electron chi connectivity index (χ1n) is 8.80. The third kappa shape index (κ3) is 3.20. The van der Waals surface area contributed by atoms with E-state index < -0.39 is 0 Å². The van der Waals surface area contributed by atoms with Crippen LogP contribution in [0.15, 0.2) is 42.5 Å². The normalized spacial score (nSPS) is 17.2. The number of aryl methyl sites for hydroxylation is 1. The van der Waals surface area contributed by atoms with Gasteiger partial charge in [0.25, 0.3) is 5.91 Å². The molecule has 0 saturated carbocycles. The van der Waals surface area contributed by atoms with Crippen LogP contribution in [0.4, 0.5) is 11.4 Å². The van der Waals surface area contributed by atoms with Crippen LogP contribution in [0.2, 0.25) is 0 Å². The Hall–Kier alpha value is -2.53. The molecule has 2 heterocycles. The number of amides is 1. The predicted octanol–water partition coefficient (Wildman–Crippen LogP) is 2.33. The second-order valence-corrected chi connectivity index (χ2v) is 6.58. The van der Waals surface area contributed by atoms with Gasteiger partial charge in [0.1, 0.15) is 5.75 Å². The minimum atomic E-state index is 0.00761. The zero-order chi connectivity index (χ0) is 17.2. The van der Waals surface area contributed by atoms with Crippen molar-refractivity contribution >= 4 is 17.3 Å². The summed E-state index contributed by atoms with van der Waals surface area (Å²) >= 11 is 0. The number of piperazine rings is 1. The summed E-state index contributed by atoms with van der Waals surface area (Å²) in [6.45, 7) is 6.69. The summed E-state index contributed by atoms with van der Waals surface area (Å²) in [6.07, 6.45) is 0. The molecule has 0 unspecified atom stereocenters. The van der Waals surface area contributed by atoms with Crippen molar-refractivity contribution in [3.63, 3.8) is 0 Å². The van der Waals surface area contributed by atoms with E-state index in [0.29, 0.717) is 6.54 Å². The molecule has 0 spiro atoms. The van der Waals surface area contributed by atoms with Gasteiger partial charge in [0.15, 0.2) is 6.61 Å². The van der Waals surface area contributed by atoms with Crippen LogP contribution in [0.25, 0.3) is 0 Å². The Labute approximate surface area is 148 Å². The highest BCUT2D eigenvalue weighted by molar-refractivity contribution is 5.98. The minimum absolute atomic E-state index is 0.00761. The summed E-state index contributed by atoms with van der Waals surface area (Å²) in [5.41, 5.74) is 4.38. The van der Waals surface area contributed by atoms with Gasteiger partial charge in [-0.05, 0) is 36.2 Å². The van der Waals surface area contributed by atoms with E-state index in [1.54, 1.807) is 0 Å². The van der Waals surface area contributed by atoms with E-state index >= 15 is 0 Å². The van der Waals surface area contributed by atoms with Gasteiger partial charge in [-0.1, -0.05) is 24.3 Å². The largest absolute Gasteiger partial charge is 0.482 e. The first-order valence-corrected chi connectivity index (χ1v) is 8.80. The number of anilines is 2. The maximum absolute atomic E-state index is 12.5. The first-order chi connectivity index (χ1) is 12.2. The Kier molecular flexibility index (Phi) is 4.32. The van der Waals surface area contributed by atoms with Crippen molar-refractivity contribution in [3.8, 4) is 5.75 Å². The third-order valence-electron chi connectivity index (χ3n) is 4.96. The van der Waals surface area contributed by atoms with Crippen molar-refractivity contribution in [1.82, 2.24) is 5.32 Å². The van der Waals surface area contributed by atoms with Gasteiger partial charge in [-0.15, -0.1) is 0 Å². The van der Waals surface area contributed by atoms with Crippen LogP contribution in [0.1, 0.15) is 11.1 Å². The van der Waals surface area contributed by atoms with Crippen molar-refractivity contribution in [3.05, 3.63) is 53.6 Å². The SMILES string of the molecule is Cc1ccccc1CN1C(=O)COc2ccc(N3CCNCC3)cc21. The highest BCUT2D eigenvalue weighted by Crippen LogP contribution is 2.36. The van der Waals surface area contributed by atoms with Crippen molar-refractivity contribution in [1.29, 1.82) is 0 Å². The molecule has 1 N–H and O–H groups in total. The number of nitrogens with one attached hydrogen (secondary N) is 1. The Bertz CT molecular complexity index is 784. The second-order valence-electron chi connectivity index (χ2n) is 6.58. The predicted molar refractivity (Wildman–Crippen MR) is 99.4 cm³/mol. The topological polar surface area (TPSA) is 44.8 Å². The lowest BCUT2D eigenvalue weighted by Crippen LogP contribution is -2.44. The molecule has 2 aliphatic rings. The molecule has 25 heavy (non-hydrogen) atoms. The number of ether oxygens (including phenoxy) is 1. The highest BCUT2D eigenvalue weighted by Gasteiger charge is 2.27. The summed E-state index contributed by atoms with van der Waals surface area (Å²) in [5, 5.41) is 3.37. The Morgan fingerprint density at radius 3 is 2.72 bits per heavy atom. The number of benzene rings is 2. The molecular formula is C20H23N3O2. The average molecular weight is 337 g/mol. The van der Waals surface area contributed by atoms with E-state index in [2.05, 4.69) is 41.4 Å². The molecule has 130 valence electrons. The number of fused-ring (bicyclic) bond motifs is 1. The molecular weight excluding hydrogens is 314 g/mol. The fraction of sp³-hybridized carbons (Fsp3) is 0.350. The smallest absolute Gasteiger partial charge is 0.265 e. The molecule has 1 amide bonds. The first kappa shape index (κ1) is 16.0. The van der Waals surface area contributed by atoms with Gasteiger partial charge < -0.3 is 19.9 Å². The Balaban J connectivity index is 1.67. The average Bonchev–Trinajstić information content (AvgIpc) is 2.66. The van der Waals surface area contributed by atoms with Crippen LogP contribution in [0.5, 0.6) is 5.75 Å². The summed E-state index contributed by atoms with van der Waals surface area (Å²) in [7, 11) is 0. The fourth-order valence-corrected chi connectivity index (χ4v) is 3.44. The van der Waals surface area contributed by atoms with E-state index in [4.69, 9.17) is 4.74 Å². The van der Waals surface area contributed by atoms with E-state index in [9.17, 15) is 4.79 Å². The lowest BCUT2D eigenvalue weighted by molar-refractivity contribution is -0.121. The van der Waals surface area contributed by atoms with Gasteiger partial charge in [-0.2, -0.15) is 0 Å². The second kappa shape index (κ2) is 6.76. The third-order valence-corrected chi connectivity index (χ3v) is 4.96. The standard InChI is InChI=1S/C20H23N3O2/c1-15-4-2-3-5-16(15)13-23-18-12-17(22-10-8-21-9-11-22)6-7-19(18)25-14-20(23)24/h2-7,12,21H,8-11,13-14H2,1H3. The number of hydrogen-bond donors (Lipinski definition) is 1. The molecule has 0 aromatic heterocycles. The molecule has 0 aliphatic carbocycles.